The third kappa shape index (κ3) is 2.71. The maximum Gasteiger partial charge on any atom is 0.323 e. The average Bonchev–Trinajstić information content (AvgIpc) is 3.02. The van der Waals surface area contributed by atoms with Gasteiger partial charge >= 0.3 is 5.97 Å². The van der Waals surface area contributed by atoms with Gasteiger partial charge in [0.05, 0.1) is 11.6 Å². The van der Waals surface area contributed by atoms with Crippen LogP contribution in [0.25, 0.3) is 10.9 Å². The Hall–Kier alpha value is -2.59. The lowest BCUT2D eigenvalue weighted by molar-refractivity contribution is -0.150. The summed E-state index contributed by atoms with van der Waals surface area (Å²) < 4.78 is 5.51. The molecule has 4 heteroatoms. The highest BCUT2D eigenvalue weighted by Gasteiger charge is 2.42. The van der Waals surface area contributed by atoms with Crippen molar-refractivity contribution >= 4 is 16.9 Å². The lowest BCUT2D eigenvalue weighted by Crippen LogP contribution is -2.55. The highest BCUT2D eigenvalue weighted by Crippen LogP contribution is 2.39. The second-order valence-corrected chi connectivity index (χ2v) is 7.40. The van der Waals surface area contributed by atoms with Crippen LogP contribution in [0, 0.1) is 0 Å². The van der Waals surface area contributed by atoms with Crippen LogP contribution in [0.1, 0.15) is 37.6 Å². The molecule has 0 amide bonds. The number of carbonyl (C=O) groups excluding carboxylic acids is 1. The average molecular weight is 348 g/mol. The zero-order valence-corrected chi connectivity index (χ0v) is 15.4. The topological polar surface area (TPSA) is 54.1 Å². The smallest absolute Gasteiger partial charge is 0.323 e. The lowest BCUT2D eigenvalue weighted by Gasteiger charge is -2.39. The predicted molar refractivity (Wildman–Crippen MR) is 103 cm³/mol. The van der Waals surface area contributed by atoms with E-state index in [1.165, 1.54) is 10.9 Å². The number of ether oxygens (including phenoxy) is 1. The summed E-state index contributed by atoms with van der Waals surface area (Å²) in [4.78, 5) is 16.3. The third-order valence-electron chi connectivity index (χ3n) is 5.17. The molecular weight excluding hydrogens is 324 g/mol. The summed E-state index contributed by atoms with van der Waals surface area (Å²) in [6.45, 7) is 5.90. The first kappa shape index (κ1) is 16.9. The molecule has 1 aromatic heterocycles. The molecule has 2 atom stereocenters. The fourth-order valence-corrected chi connectivity index (χ4v) is 3.97. The molecule has 0 unspecified atom stereocenters. The first-order valence-electron chi connectivity index (χ1n) is 9.13. The number of nitrogens with one attached hydrogen (secondary N) is 2. The van der Waals surface area contributed by atoms with Crippen molar-refractivity contribution in [3.05, 3.63) is 71.4 Å². The van der Waals surface area contributed by atoms with Gasteiger partial charge < -0.3 is 9.72 Å². The Morgan fingerprint density at radius 1 is 1.12 bits per heavy atom. The van der Waals surface area contributed by atoms with Gasteiger partial charge in [-0.05, 0) is 38.0 Å². The summed E-state index contributed by atoms with van der Waals surface area (Å²) in [5, 5.41) is 4.74. The maximum absolute atomic E-state index is 12.7. The number of hydrogen-bond donors (Lipinski definition) is 2. The van der Waals surface area contributed by atoms with Gasteiger partial charge in [-0.25, -0.2) is 0 Å². The molecule has 3 aromatic rings. The van der Waals surface area contributed by atoms with Gasteiger partial charge in [0.1, 0.15) is 6.04 Å². The van der Waals surface area contributed by atoms with Gasteiger partial charge in [0, 0.05) is 23.0 Å². The Balaban J connectivity index is 1.87. The number of aromatic nitrogens is 1. The van der Waals surface area contributed by atoms with Crippen LogP contribution >= 0.6 is 0 Å². The highest BCUT2D eigenvalue weighted by atomic mass is 16.5. The molecule has 4 nitrogen and oxygen atoms in total. The van der Waals surface area contributed by atoms with E-state index >= 15 is 0 Å². The molecule has 0 saturated heterocycles. The summed E-state index contributed by atoms with van der Waals surface area (Å²) in [7, 11) is 0. The number of esters is 1. The standard InChI is InChI=1S/C22H24N2O2/c1-14(2)26-21(25)19-13-17-16-11-7-8-12-18(16)23-20(17)22(3,24-19)15-9-5-4-6-10-15/h4-12,14,19,23-24H,13H2,1-3H3/t19-,22+/m1/s1. The summed E-state index contributed by atoms with van der Waals surface area (Å²) in [6, 6.07) is 18.1. The highest BCUT2D eigenvalue weighted by molar-refractivity contribution is 5.87. The number of benzene rings is 2. The molecule has 134 valence electrons. The maximum atomic E-state index is 12.7. The Morgan fingerprint density at radius 2 is 1.81 bits per heavy atom. The number of hydrogen-bond acceptors (Lipinski definition) is 3. The van der Waals surface area contributed by atoms with Crippen molar-refractivity contribution in [2.24, 2.45) is 0 Å². The van der Waals surface area contributed by atoms with Crippen molar-refractivity contribution in [2.45, 2.75) is 44.9 Å². The van der Waals surface area contributed by atoms with Crippen LogP contribution in [0.5, 0.6) is 0 Å². The van der Waals surface area contributed by atoms with Crippen molar-refractivity contribution in [2.75, 3.05) is 0 Å². The molecule has 2 aromatic carbocycles. The molecule has 0 saturated carbocycles. The molecule has 26 heavy (non-hydrogen) atoms. The number of fused-ring (bicyclic) bond motifs is 3. The second-order valence-electron chi connectivity index (χ2n) is 7.40. The number of rotatable bonds is 3. The van der Waals surface area contributed by atoms with Crippen LogP contribution in [-0.2, 0) is 21.5 Å². The van der Waals surface area contributed by atoms with Gasteiger partial charge in [-0.1, -0.05) is 48.5 Å². The molecule has 4 rings (SSSR count). The van der Waals surface area contributed by atoms with Gasteiger partial charge in [0.15, 0.2) is 0 Å². The Kier molecular flexibility index (Phi) is 4.08. The van der Waals surface area contributed by atoms with E-state index in [1.807, 2.05) is 44.2 Å². The molecule has 0 radical (unpaired) electrons. The Bertz CT molecular complexity index is 945. The van der Waals surface area contributed by atoms with Crippen molar-refractivity contribution in [3.8, 4) is 0 Å². The largest absolute Gasteiger partial charge is 0.462 e. The van der Waals surface area contributed by atoms with Gasteiger partial charge in [-0.3, -0.25) is 10.1 Å². The van der Waals surface area contributed by atoms with Crippen LogP contribution in [0.4, 0.5) is 0 Å². The summed E-state index contributed by atoms with van der Waals surface area (Å²) in [6.07, 6.45) is 0.490. The van der Waals surface area contributed by atoms with E-state index in [1.54, 1.807) is 0 Å². The minimum absolute atomic E-state index is 0.128. The zero-order valence-electron chi connectivity index (χ0n) is 15.4. The normalized spacial score (nSPS) is 22.4. The Morgan fingerprint density at radius 3 is 2.54 bits per heavy atom. The predicted octanol–water partition coefficient (Wildman–Crippen LogP) is 3.90. The molecule has 0 fully saturated rings. The van der Waals surface area contributed by atoms with Crippen LogP contribution in [0.15, 0.2) is 54.6 Å². The molecule has 0 bridgehead atoms. The van der Waals surface area contributed by atoms with E-state index in [2.05, 4.69) is 41.5 Å². The fraction of sp³-hybridized carbons (Fsp3) is 0.318. The molecule has 2 N–H and O–H groups in total. The summed E-state index contributed by atoms with van der Waals surface area (Å²) >= 11 is 0. The van der Waals surface area contributed by atoms with Gasteiger partial charge in [0.25, 0.3) is 0 Å². The van der Waals surface area contributed by atoms with E-state index in [0.29, 0.717) is 6.42 Å². The number of carbonyl (C=O) groups is 1. The third-order valence-corrected chi connectivity index (χ3v) is 5.17. The minimum Gasteiger partial charge on any atom is -0.462 e. The first-order valence-corrected chi connectivity index (χ1v) is 9.13. The van der Waals surface area contributed by atoms with Crippen molar-refractivity contribution < 1.29 is 9.53 Å². The van der Waals surface area contributed by atoms with E-state index in [9.17, 15) is 4.79 Å². The van der Waals surface area contributed by atoms with E-state index in [-0.39, 0.29) is 18.1 Å². The Labute approximate surface area is 153 Å². The zero-order chi connectivity index (χ0) is 18.3. The van der Waals surface area contributed by atoms with Crippen LogP contribution in [0.3, 0.4) is 0 Å². The fourth-order valence-electron chi connectivity index (χ4n) is 3.97. The molecule has 1 aliphatic heterocycles. The van der Waals surface area contributed by atoms with E-state index in [0.717, 1.165) is 16.8 Å². The van der Waals surface area contributed by atoms with Crippen LogP contribution in [-0.4, -0.2) is 23.1 Å². The van der Waals surface area contributed by atoms with Crippen molar-refractivity contribution in [1.82, 2.24) is 10.3 Å². The molecule has 1 aliphatic rings. The summed E-state index contributed by atoms with van der Waals surface area (Å²) in [5.74, 6) is -0.196. The molecular formula is C22H24N2O2. The minimum atomic E-state index is -0.492. The SMILES string of the molecule is CC(C)OC(=O)[C@H]1Cc2c([nH]c3ccccc23)[C@](C)(c2ccccc2)N1. The van der Waals surface area contributed by atoms with Gasteiger partial charge in [0.2, 0.25) is 0 Å². The van der Waals surface area contributed by atoms with Crippen molar-refractivity contribution in [3.63, 3.8) is 0 Å². The van der Waals surface area contributed by atoms with Crippen LogP contribution in [0.2, 0.25) is 0 Å². The molecule has 0 aliphatic carbocycles. The number of aromatic amines is 1. The van der Waals surface area contributed by atoms with Crippen LogP contribution < -0.4 is 5.32 Å². The quantitative estimate of drug-likeness (QED) is 0.706. The monoisotopic (exact) mass is 348 g/mol. The van der Waals surface area contributed by atoms with E-state index < -0.39 is 5.54 Å². The molecule has 2 heterocycles. The number of para-hydroxylation sites is 1. The molecule has 0 spiro atoms. The summed E-state index contributed by atoms with van der Waals surface area (Å²) in [5.41, 5.74) is 4.04. The number of H-pyrrole nitrogens is 1. The first-order chi connectivity index (χ1) is 12.5. The van der Waals surface area contributed by atoms with Crippen molar-refractivity contribution in [1.29, 1.82) is 0 Å². The second kappa shape index (κ2) is 6.29. The van der Waals surface area contributed by atoms with Gasteiger partial charge in [-0.2, -0.15) is 0 Å². The lowest BCUT2D eigenvalue weighted by atomic mass is 9.80. The van der Waals surface area contributed by atoms with Gasteiger partial charge in [-0.15, -0.1) is 0 Å². The van der Waals surface area contributed by atoms with E-state index in [4.69, 9.17) is 4.74 Å².